The molecule has 0 fully saturated rings. The van der Waals surface area contributed by atoms with Gasteiger partial charge in [-0.3, -0.25) is 23.2 Å². The van der Waals surface area contributed by atoms with Crippen molar-refractivity contribution in [3.63, 3.8) is 0 Å². The van der Waals surface area contributed by atoms with Crippen molar-refractivity contribution in [2.45, 2.75) is 86.9 Å². The Morgan fingerprint density at radius 3 is 1.94 bits per heavy atom. The van der Waals surface area contributed by atoms with Crippen LogP contribution in [0.15, 0.2) is 18.5 Å². The van der Waals surface area contributed by atoms with Crippen LogP contribution in [0.25, 0.3) is 0 Å². The average molecular weight is 533 g/mol. The van der Waals surface area contributed by atoms with Crippen LogP contribution < -0.4 is 4.74 Å². The lowest BCUT2D eigenvalue weighted by molar-refractivity contribution is -0.163. The first kappa shape index (κ1) is 32.0. The zero-order valence-corrected chi connectivity index (χ0v) is 23.8. The van der Waals surface area contributed by atoms with E-state index in [9.17, 15) is 14.2 Å². The first-order chi connectivity index (χ1) is 16.4. The first-order valence-electron chi connectivity index (χ1n) is 11.7. The molecule has 11 nitrogen and oxygen atoms in total. The maximum atomic E-state index is 13.1. The van der Waals surface area contributed by atoms with E-state index in [1.165, 1.54) is 0 Å². The van der Waals surface area contributed by atoms with Crippen LogP contribution in [0.2, 0.25) is 0 Å². The summed E-state index contributed by atoms with van der Waals surface area (Å²) in [6.45, 7) is 14.4. The molecule has 0 N–H and O–H groups in total. The normalized spacial score (nSPS) is 15.0. The van der Waals surface area contributed by atoms with E-state index in [1.807, 2.05) is 6.92 Å². The standard InChI is InChI=1S/C24H41N2O9P/c1-18(35-21-25-13-10-14-26-21)11-12-24(8,9)20(28)31-16-34-36(29,17-32-23(5,6)7)33-15-30-19(27)22(2,3)4/h10,13-14,18H,11-12,15-17H2,1-9H3. The number of aromatic nitrogens is 2. The third kappa shape index (κ3) is 12.8. The molecule has 0 aromatic carbocycles. The minimum absolute atomic E-state index is 0.227. The second kappa shape index (κ2) is 13.5. The van der Waals surface area contributed by atoms with Gasteiger partial charge in [-0.15, -0.1) is 0 Å². The Bertz CT molecular complexity index is 880. The zero-order chi connectivity index (χ0) is 27.6. The molecular formula is C24H41N2O9P. The van der Waals surface area contributed by atoms with Gasteiger partial charge in [0.1, 0.15) is 6.35 Å². The van der Waals surface area contributed by atoms with Gasteiger partial charge in [0.2, 0.25) is 13.6 Å². The molecule has 1 aromatic rings. The highest BCUT2D eigenvalue weighted by molar-refractivity contribution is 7.53. The predicted molar refractivity (Wildman–Crippen MR) is 132 cm³/mol. The molecule has 1 aromatic heterocycles. The number of rotatable bonds is 14. The third-order valence-electron chi connectivity index (χ3n) is 4.72. The summed E-state index contributed by atoms with van der Waals surface area (Å²) in [6, 6.07) is 1.95. The van der Waals surface area contributed by atoms with E-state index in [4.69, 9.17) is 28.0 Å². The SMILES string of the molecule is CC(CCC(C)(C)C(=O)OCOP(=O)(COC(C)(C)C)OCOC(=O)C(C)(C)C)Oc1ncccn1. The van der Waals surface area contributed by atoms with E-state index >= 15 is 0 Å². The largest absolute Gasteiger partial charge is 0.460 e. The maximum absolute atomic E-state index is 13.1. The Morgan fingerprint density at radius 2 is 1.44 bits per heavy atom. The van der Waals surface area contributed by atoms with Crippen molar-refractivity contribution in [2.24, 2.45) is 10.8 Å². The fourth-order valence-electron chi connectivity index (χ4n) is 2.37. The lowest BCUT2D eigenvalue weighted by atomic mass is 9.87. The number of esters is 2. The van der Waals surface area contributed by atoms with E-state index < -0.39 is 55.9 Å². The molecule has 0 radical (unpaired) electrons. The molecule has 1 heterocycles. The van der Waals surface area contributed by atoms with Crippen LogP contribution in [0, 0.1) is 10.8 Å². The second-order valence-electron chi connectivity index (χ2n) is 11.0. The molecule has 0 aliphatic heterocycles. The minimum atomic E-state index is -3.91. The Morgan fingerprint density at radius 1 is 0.917 bits per heavy atom. The Hall–Kier alpha value is -2.07. The van der Waals surface area contributed by atoms with Gasteiger partial charge in [-0.25, -0.2) is 9.97 Å². The van der Waals surface area contributed by atoms with E-state index in [2.05, 4.69) is 9.97 Å². The van der Waals surface area contributed by atoms with E-state index in [0.717, 1.165) is 0 Å². The van der Waals surface area contributed by atoms with Crippen molar-refractivity contribution in [2.75, 3.05) is 19.9 Å². The van der Waals surface area contributed by atoms with Gasteiger partial charge in [-0.1, -0.05) is 0 Å². The predicted octanol–water partition coefficient (Wildman–Crippen LogP) is 5.10. The summed E-state index contributed by atoms with van der Waals surface area (Å²) in [7, 11) is -3.91. The molecule has 12 heteroatoms. The molecule has 0 spiro atoms. The number of nitrogens with zero attached hydrogens (tertiary/aromatic N) is 2. The van der Waals surface area contributed by atoms with Gasteiger partial charge in [0, 0.05) is 12.4 Å². The maximum Gasteiger partial charge on any atom is 0.361 e. The van der Waals surface area contributed by atoms with Gasteiger partial charge in [0.15, 0.2) is 0 Å². The molecule has 0 saturated heterocycles. The summed E-state index contributed by atoms with van der Waals surface area (Å²) < 4.78 is 45.1. The summed E-state index contributed by atoms with van der Waals surface area (Å²) in [5.41, 5.74) is -2.26. The number of ether oxygens (including phenoxy) is 4. The van der Waals surface area contributed by atoms with Crippen LogP contribution in [0.3, 0.4) is 0 Å². The molecule has 2 atom stereocenters. The van der Waals surface area contributed by atoms with Crippen LogP contribution in [0.4, 0.5) is 0 Å². The number of carbonyl (C=O) groups excluding carboxylic acids is 2. The average Bonchev–Trinajstić information content (AvgIpc) is 2.76. The Labute approximate surface area is 214 Å². The summed E-state index contributed by atoms with van der Waals surface area (Å²) in [5.74, 6) is -1.08. The fraction of sp³-hybridized carbons (Fsp3) is 0.750. The van der Waals surface area contributed by atoms with Crippen molar-refractivity contribution in [1.29, 1.82) is 0 Å². The monoisotopic (exact) mass is 532 g/mol. The van der Waals surface area contributed by atoms with Crippen LogP contribution in [0.1, 0.15) is 75.2 Å². The molecule has 0 aliphatic rings. The highest BCUT2D eigenvalue weighted by Gasteiger charge is 2.33. The van der Waals surface area contributed by atoms with E-state index in [0.29, 0.717) is 12.8 Å². The van der Waals surface area contributed by atoms with Crippen LogP contribution in [0.5, 0.6) is 6.01 Å². The molecule has 206 valence electrons. The van der Waals surface area contributed by atoms with Crippen molar-refractivity contribution >= 4 is 19.5 Å². The van der Waals surface area contributed by atoms with Crippen molar-refractivity contribution < 1.29 is 42.1 Å². The smallest absolute Gasteiger partial charge is 0.361 e. The summed E-state index contributed by atoms with van der Waals surface area (Å²) in [4.78, 5) is 32.6. The van der Waals surface area contributed by atoms with Crippen molar-refractivity contribution in [1.82, 2.24) is 9.97 Å². The molecule has 2 unspecified atom stereocenters. The van der Waals surface area contributed by atoms with Crippen LogP contribution in [-0.4, -0.2) is 53.5 Å². The van der Waals surface area contributed by atoms with Gasteiger partial charge >= 0.3 is 25.5 Å². The lowest BCUT2D eigenvalue weighted by Gasteiger charge is -2.26. The Kier molecular flexibility index (Phi) is 12.0. The number of hydrogen-bond donors (Lipinski definition) is 0. The molecule has 36 heavy (non-hydrogen) atoms. The molecule has 0 saturated carbocycles. The van der Waals surface area contributed by atoms with E-state index in [1.54, 1.807) is 73.8 Å². The molecule has 0 aliphatic carbocycles. The minimum Gasteiger partial charge on any atom is -0.460 e. The van der Waals surface area contributed by atoms with Gasteiger partial charge in [-0.2, -0.15) is 0 Å². The fourth-order valence-corrected chi connectivity index (χ4v) is 3.56. The quantitative estimate of drug-likeness (QED) is 0.180. The molecule has 0 amide bonds. The molecular weight excluding hydrogens is 491 g/mol. The van der Waals surface area contributed by atoms with Gasteiger partial charge in [0.05, 0.1) is 22.5 Å². The Balaban J connectivity index is 2.60. The number of carbonyl (C=O) groups is 2. The first-order valence-corrected chi connectivity index (χ1v) is 13.5. The zero-order valence-electron chi connectivity index (χ0n) is 22.9. The van der Waals surface area contributed by atoms with Crippen LogP contribution >= 0.6 is 7.60 Å². The number of hydrogen-bond acceptors (Lipinski definition) is 11. The molecule has 1 rings (SSSR count). The summed E-state index contributed by atoms with van der Waals surface area (Å²) >= 11 is 0. The van der Waals surface area contributed by atoms with E-state index in [-0.39, 0.29) is 12.1 Å². The van der Waals surface area contributed by atoms with Gasteiger partial charge in [0.25, 0.3) is 0 Å². The highest BCUT2D eigenvalue weighted by atomic mass is 31.2. The topological polar surface area (TPSA) is 132 Å². The summed E-state index contributed by atoms with van der Waals surface area (Å²) in [6.07, 6.45) is 3.51. The second-order valence-corrected chi connectivity index (χ2v) is 13.0. The van der Waals surface area contributed by atoms with Gasteiger partial charge in [-0.05, 0) is 81.2 Å². The van der Waals surface area contributed by atoms with Crippen molar-refractivity contribution in [3.05, 3.63) is 18.5 Å². The van der Waals surface area contributed by atoms with Crippen LogP contribution in [-0.2, 0) is 37.4 Å². The van der Waals surface area contributed by atoms with Gasteiger partial charge < -0.3 is 18.9 Å². The summed E-state index contributed by atoms with van der Waals surface area (Å²) in [5, 5.41) is 0. The third-order valence-corrected chi connectivity index (χ3v) is 6.17. The van der Waals surface area contributed by atoms with Crippen molar-refractivity contribution in [3.8, 4) is 6.01 Å². The lowest BCUT2D eigenvalue weighted by Crippen LogP contribution is -2.29. The highest BCUT2D eigenvalue weighted by Crippen LogP contribution is 2.49. The molecule has 0 bridgehead atoms.